The van der Waals surface area contributed by atoms with Crippen LogP contribution in [0.5, 0.6) is 0 Å². The van der Waals surface area contributed by atoms with Crippen LogP contribution in [0.25, 0.3) is 15.7 Å². The van der Waals surface area contributed by atoms with Crippen molar-refractivity contribution in [1.82, 2.24) is 15.1 Å². The molecule has 20 heavy (non-hydrogen) atoms. The molecular formula is C16H20N4. The van der Waals surface area contributed by atoms with Gasteiger partial charge in [0.25, 0.3) is 0 Å². The fourth-order valence-corrected chi connectivity index (χ4v) is 2.99. The van der Waals surface area contributed by atoms with Crippen molar-refractivity contribution >= 4 is 16.6 Å². The van der Waals surface area contributed by atoms with E-state index in [0.29, 0.717) is 11.6 Å². The molecule has 1 heterocycles. The average molecular weight is 268 g/mol. The van der Waals surface area contributed by atoms with Gasteiger partial charge in [-0.3, -0.25) is 5.10 Å². The molecule has 2 aromatic rings. The van der Waals surface area contributed by atoms with E-state index in [0.717, 1.165) is 29.9 Å². The Kier molecular flexibility index (Phi) is 3.45. The van der Waals surface area contributed by atoms with Crippen LogP contribution in [0.15, 0.2) is 18.2 Å². The van der Waals surface area contributed by atoms with Crippen molar-refractivity contribution in [3.05, 3.63) is 35.3 Å². The summed E-state index contributed by atoms with van der Waals surface area (Å²) in [7, 11) is 0. The molecule has 0 radical (unpaired) electrons. The van der Waals surface area contributed by atoms with Crippen molar-refractivity contribution in [3.63, 3.8) is 0 Å². The molecule has 1 aromatic heterocycles. The number of hydrogen-bond acceptors (Lipinski definition) is 2. The van der Waals surface area contributed by atoms with Crippen LogP contribution in [-0.2, 0) is 0 Å². The molecule has 104 valence electrons. The molecule has 4 heteroatoms. The third-order valence-electron chi connectivity index (χ3n) is 4.38. The Morgan fingerprint density at radius 2 is 2.20 bits per heavy atom. The van der Waals surface area contributed by atoms with Crippen molar-refractivity contribution in [2.75, 3.05) is 19.6 Å². The van der Waals surface area contributed by atoms with E-state index in [-0.39, 0.29) is 0 Å². The highest BCUT2D eigenvalue weighted by Gasteiger charge is 2.40. The molecule has 1 saturated carbocycles. The molecular weight excluding hydrogens is 248 g/mol. The van der Waals surface area contributed by atoms with E-state index in [1.807, 2.05) is 18.2 Å². The minimum atomic E-state index is 0.585. The molecule has 1 aromatic carbocycles. The van der Waals surface area contributed by atoms with Crippen LogP contribution in [0.1, 0.15) is 31.9 Å². The Morgan fingerprint density at radius 3 is 2.90 bits per heavy atom. The normalized spacial score (nSPS) is 21.3. The average Bonchev–Trinajstić information content (AvgIpc) is 3.12. The van der Waals surface area contributed by atoms with Gasteiger partial charge in [-0.2, -0.15) is 5.10 Å². The standard InChI is InChI=1S/C16H20N4/c1-4-20(5-2)10-11-8-13(11)16-14-9-12(17-3)6-7-15(14)18-19-16/h6-7,9,11,13H,4-5,8,10H2,1-2H3,(H,18,19). The highest BCUT2D eigenvalue weighted by Crippen LogP contribution is 2.49. The van der Waals surface area contributed by atoms with Crippen LogP contribution >= 0.6 is 0 Å². The summed E-state index contributed by atoms with van der Waals surface area (Å²) < 4.78 is 0. The van der Waals surface area contributed by atoms with Crippen LogP contribution in [0.4, 0.5) is 5.69 Å². The molecule has 0 amide bonds. The highest BCUT2D eigenvalue weighted by molar-refractivity contribution is 5.85. The van der Waals surface area contributed by atoms with Crippen molar-refractivity contribution in [2.24, 2.45) is 5.92 Å². The van der Waals surface area contributed by atoms with Gasteiger partial charge in [0.2, 0.25) is 0 Å². The Balaban J connectivity index is 1.81. The molecule has 1 fully saturated rings. The van der Waals surface area contributed by atoms with E-state index in [4.69, 9.17) is 6.57 Å². The van der Waals surface area contributed by atoms with Gasteiger partial charge in [-0.15, -0.1) is 0 Å². The quantitative estimate of drug-likeness (QED) is 0.842. The summed E-state index contributed by atoms with van der Waals surface area (Å²) in [5, 5.41) is 8.69. The molecule has 1 aliphatic carbocycles. The Hall–Kier alpha value is -1.86. The Bertz CT molecular complexity index is 648. The molecule has 0 spiro atoms. The third kappa shape index (κ3) is 2.30. The smallest absolute Gasteiger partial charge is 0.188 e. The first-order valence-electron chi connectivity index (χ1n) is 7.34. The number of hydrogen-bond donors (Lipinski definition) is 1. The maximum absolute atomic E-state index is 7.14. The Morgan fingerprint density at radius 1 is 1.40 bits per heavy atom. The number of nitrogens with zero attached hydrogens (tertiary/aromatic N) is 3. The molecule has 1 N–H and O–H groups in total. The molecule has 1 aliphatic rings. The lowest BCUT2D eigenvalue weighted by Crippen LogP contribution is -2.25. The third-order valence-corrected chi connectivity index (χ3v) is 4.38. The van der Waals surface area contributed by atoms with Crippen molar-refractivity contribution in [2.45, 2.75) is 26.2 Å². The van der Waals surface area contributed by atoms with E-state index in [1.165, 1.54) is 18.7 Å². The van der Waals surface area contributed by atoms with Gasteiger partial charge in [0.15, 0.2) is 5.69 Å². The summed E-state index contributed by atoms with van der Waals surface area (Å²) in [5.41, 5.74) is 2.89. The number of benzene rings is 1. The number of rotatable bonds is 5. The number of aromatic amines is 1. The van der Waals surface area contributed by atoms with Gasteiger partial charge < -0.3 is 4.90 Å². The predicted molar refractivity (Wildman–Crippen MR) is 81.0 cm³/mol. The van der Waals surface area contributed by atoms with E-state index in [2.05, 4.69) is 33.8 Å². The second-order valence-corrected chi connectivity index (χ2v) is 5.54. The largest absolute Gasteiger partial charge is 0.304 e. The molecule has 2 atom stereocenters. The lowest BCUT2D eigenvalue weighted by atomic mass is 10.1. The Labute approximate surface area is 119 Å². The van der Waals surface area contributed by atoms with Crippen LogP contribution < -0.4 is 0 Å². The topological polar surface area (TPSA) is 36.3 Å². The van der Waals surface area contributed by atoms with Crippen LogP contribution in [-0.4, -0.2) is 34.7 Å². The zero-order valence-corrected chi connectivity index (χ0v) is 12.1. The minimum absolute atomic E-state index is 0.585. The summed E-state index contributed by atoms with van der Waals surface area (Å²) in [5.74, 6) is 1.32. The van der Waals surface area contributed by atoms with Crippen LogP contribution in [0, 0.1) is 12.5 Å². The molecule has 0 saturated heterocycles. The molecule has 3 rings (SSSR count). The highest BCUT2D eigenvalue weighted by atomic mass is 15.1. The summed E-state index contributed by atoms with van der Waals surface area (Å²) in [6.45, 7) is 15.0. The van der Waals surface area contributed by atoms with Crippen molar-refractivity contribution in [3.8, 4) is 0 Å². The van der Waals surface area contributed by atoms with E-state index in [1.54, 1.807) is 0 Å². The zero-order chi connectivity index (χ0) is 14.1. The lowest BCUT2D eigenvalue weighted by molar-refractivity contribution is 0.289. The van der Waals surface area contributed by atoms with Gasteiger partial charge in [0, 0.05) is 23.5 Å². The number of fused-ring (bicyclic) bond motifs is 1. The zero-order valence-electron chi connectivity index (χ0n) is 12.1. The fourth-order valence-electron chi connectivity index (χ4n) is 2.99. The number of H-pyrrole nitrogens is 1. The van der Waals surface area contributed by atoms with Gasteiger partial charge in [-0.1, -0.05) is 19.9 Å². The van der Waals surface area contributed by atoms with E-state index >= 15 is 0 Å². The van der Waals surface area contributed by atoms with E-state index < -0.39 is 0 Å². The first-order valence-corrected chi connectivity index (χ1v) is 7.34. The molecule has 4 nitrogen and oxygen atoms in total. The first-order chi connectivity index (χ1) is 9.76. The number of nitrogens with one attached hydrogen (secondary N) is 1. The summed E-state index contributed by atoms with van der Waals surface area (Å²) >= 11 is 0. The van der Waals surface area contributed by atoms with Gasteiger partial charge in [0.05, 0.1) is 12.1 Å². The summed E-state index contributed by atoms with van der Waals surface area (Å²) in [6.07, 6.45) is 1.23. The monoisotopic (exact) mass is 268 g/mol. The van der Waals surface area contributed by atoms with Gasteiger partial charge in [-0.25, -0.2) is 4.85 Å². The number of aromatic nitrogens is 2. The molecule has 2 unspecified atom stereocenters. The van der Waals surface area contributed by atoms with Gasteiger partial charge in [0.1, 0.15) is 0 Å². The predicted octanol–water partition coefficient (Wildman–Crippen LogP) is 3.56. The van der Waals surface area contributed by atoms with E-state index in [9.17, 15) is 0 Å². The summed E-state index contributed by atoms with van der Waals surface area (Å²) in [6, 6.07) is 5.73. The van der Waals surface area contributed by atoms with Crippen LogP contribution in [0.2, 0.25) is 0 Å². The molecule has 0 aliphatic heterocycles. The van der Waals surface area contributed by atoms with Crippen molar-refractivity contribution < 1.29 is 0 Å². The summed E-state index contributed by atoms with van der Waals surface area (Å²) in [4.78, 5) is 6.00. The van der Waals surface area contributed by atoms with Crippen molar-refractivity contribution in [1.29, 1.82) is 0 Å². The molecule has 0 bridgehead atoms. The van der Waals surface area contributed by atoms with Gasteiger partial charge in [-0.05, 0) is 37.6 Å². The maximum atomic E-state index is 7.14. The second-order valence-electron chi connectivity index (χ2n) is 5.54. The SMILES string of the molecule is [C-]#[N+]c1ccc2n[nH]c(C3CC3CN(CC)CC)c2c1. The first kappa shape index (κ1) is 13.1. The van der Waals surface area contributed by atoms with Gasteiger partial charge >= 0.3 is 0 Å². The minimum Gasteiger partial charge on any atom is -0.304 e. The second kappa shape index (κ2) is 5.26. The lowest BCUT2D eigenvalue weighted by Gasteiger charge is -2.17. The maximum Gasteiger partial charge on any atom is 0.188 e. The van der Waals surface area contributed by atoms with Crippen LogP contribution in [0.3, 0.4) is 0 Å². The fraction of sp³-hybridized carbons (Fsp3) is 0.500.